The quantitative estimate of drug-likeness (QED) is 0.700. The molecule has 0 unspecified atom stereocenters. The molecule has 112 valence electrons. The summed E-state index contributed by atoms with van der Waals surface area (Å²) in [6.45, 7) is 13.1. The van der Waals surface area contributed by atoms with Crippen molar-refractivity contribution in [1.29, 1.82) is 0 Å². The third kappa shape index (κ3) is 3.49. The number of hydrogen-bond donors (Lipinski definition) is 0. The molecule has 0 amide bonds. The molecule has 0 heterocycles. The molecule has 1 rings (SSSR count). The molecule has 0 aromatic heterocycles. The number of Topliss-reactive ketones (excluding diaryl/α,β-unsaturated/α-hetero) is 1. The predicted molar refractivity (Wildman–Crippen MR) is 84.4 cm³/mol. The van der Waals surface area contributed by atoms with E-state index in [-0.39, 0.29) is 11.2 Å². The summed E-state index contributed by atoms with van der Waals surface area (Å²) in [6, 6.07) is 7.97. The highest BCUT2D eigenvalue weighted by atomic mass is 16.5. The lowest BCUT2D eigenvalue weighted by atomic mass is 9.84. The fourth-order valence-electron chi connectivity index (χ4n) is 2.50. The van der Waals surface area contributed by atoms with Crippen LogP contribution >= 0.6 is 0 Å². The van der Waals surface area contributed by atoms with Crippen molar-refractivity contribution in [3.05, 3.63) is 35.4 Å². The van der Waals surface area contributed by atoms with Crippen molar-refractivity contribution in [3.8, 4) is 0 Å². The molecule has 0 radical (unpaired) electrons. The lowest BCUT2D eigenvalue weighted by molar-refractivity contribution is -0.0250. The van der Waals surface area contributed by atoms with Gasteiger partial charge in [-0.15, -0.1) is 0 Å². The number of ketones is 1. The Hall–Kier alpha value is -1.15. The summed E-state index contributed by atoms with van der Waals surface area (Å²) in [6.07, 6.45) is 1.41. The normalized spacial score (nSPS) is 12.5. The largest absolute Gasteiger partial charge is 0.367 e. The van der Waals surface area contributed by atoms with Gasteiger partial charge in [-0.25, -0.2) is 0 Å². The topological polar surface area (TPSA) is 26.3 Å². The van der Waals surface area contributed by atoms with Crippen molar-refractivity contribution in [1.82, 2.24) is 0 Å². The number of benzene rings is 1. The van der Waals surface area contributed by atoms with Crippen LogP contribution in [0.3, 0.4) is 0 Å². The average molecular weight is 276 g/mol. The minimum atomic E-state index is -0.669. The van der Waals surface area contributed by atoms with Crippen LogP contribution in [0.2, 0.25) is 0 Å². The van der Waals surface area contributed by atoms with Crippen LogP contribution in [0.4, 0.5) is 0 Å². The Morgan fingerprint density at radius 3 is 1.85 bits per heavy atom. The van der Waals surface area contributed by atoms with E-state index in [4.69, 9.17) is 4.74 Å². The van der Waals surface area contributed by atoms with Gasteiger partial charge in [0.05, 0.1) is 0 Å². The van der Waals surface area contributed by atoms with Gasteiger partial charge in [-0.3, -0.25) is 4.79 Å². The van der Waals surface area contributed by atoms with Crippen LogP contribution in [-0.4, -0.2) is 18.0 Å². The second kappa shape index (κ2) is 6.53. The van der Waals surface area contributed by atoms with Crippen LogP contribution in [0.5, 0.6) is 0 Å². The third-order valence-corrected chi connectivity index (χ3v) is 3.99. The smallest absolute Gasteiger partial charge is 0.194 e. The highest BCUT2D eigenvalue weighted by Crippen LogP contribution is 2.28. The summed E-state index contributed by atoms with van der Waals surface area (Å²) in [5.74, 6) is 0.102. The van der Waals surface area contributed by atoms with E-state index in [0.717, 1.165) is 5.56 Å². The first-order valence-electron chi connectivity index (χ1n) is 7.60. The van der Waals surface area contributed by atoms with Crippen LogP contribution in [0, 0.1) is 0 Å². The first-order chi connectivity index (χ1) is 9.30. The monoisotopic (exact) mass is 276 g/mol. The van der Waals surface area contributed by atoms with Gasteiger partial charge in [-0.05, 0) is 30.7 Å². The highest BCUT2D eigenvalue weighted by molar-refractivity contribution is 6.02. The van der Waals surface area contributed by atoms with E-state index >= 15 is 0 Å². The summed E-state index contributed by atoms with van der Waals surface area (Å²) in [5.41, 5.74) is 1.42. The Bertz CT molecular complexity index is 433. The molecule has 0 N–H and O–H groups in total. The summed E-state index contributed by atoms with van der Waals surface area (Å²) in [5, 5.41) is 0. The van der Waals surface area contributed by atoms with Crippen molar-refractivity contribution in [2.75, 3.05) is 6.61 Å². The molecular formula is C18H28O2. The van der Waals surface area contributed by atoms with Crippen molar-refractivity contribution in [2.24, 2.45) is 0 Å². The highest BCUT2D eigenvalue weighted by Gasteiger charge is 2.36. The molecule has 0 aliphatic carbocycles. The van der Waals surface area contributed by atoms with Gasteiger partial charge in [0.25, 0.3) is 0 Å². The van der Waals surface area contributed by atoms with Crippen LogP contribution in [0.25, 0.3) is 0 Å². The molecule has 20 heavy (non-hydrogen) atoms. The molecule has 0 saturated heterocycles. The lowest BCUT2D eigenvalue weighted by Crippen LogP contribution is -2.40. The maximum Gasteiger partial charge on any atom is 0.194 e. The fraction of sp³-hybridized carbons (Fsp3) is 0.611. The van der Waals surface area contributed by atoms with Crippen LogP contribution in [-0.2, 0) is 10.2 Å². The number of rotatable bonds is 6. The van der Waals surface area contributed by atoms with Crippen molar-refractivity contribution < 1.29 is 9.53 Å². The second-order valence-corrected chi connectivity index (χ2v) is 6.29. The zero-order valence-corrected chi connectivity index (χ0v) is 13.7. The maximum atomic E-state index is 12.8. The molecular weight excluding hydrogens is 248 g/mol. The molecule has 1 aromatic carbocycles. The Balaban J connectivity index is 3.07. The van der Waals surface area contributed by atoms with E-state index in [1.54, 1.807) is 0 Å². The van der Waals surface area contributed by atoms with Crippen molar-refractivity contribution in [3.63, 3.8) is 0 Å². The molecule has 0 bridgehead atoms. The van der Waals surface area contributed by atoms with Crippen molar-refractivity contribution in [2.45, 2.75) is 65.4 Å². The van der Waals surface area contributed by atoms with Gasteiger partial charge in [0, 0.05) is 12.2 Å². The van der Waals surface area contributed by atoms with Gasteiger partial charge < -0.3 is 4.74 Å². The van der Waals surface area contributed by atoms with E-state index < -0.39 is 5.60 Å². The van der Waals surface area contributed by atoms with Gasteiger partial charge in [-0.1, -0.05) is 58.9 Å². The minimum Gasteiger partial charge on any atom is -0.367 e. The molecule has 0 saturated carbocycles. The number of carbonyl (C=O) groups excluding carboxylic acids is 1. The molecule has 0 spiro atoms. The van der Waals surface area contributed by atoms with E-state index in [1.807, 2.05) is 32.9 Å². The Morgan fingerprint density at radius 1 is 1.00 bits per heavy atom. The zero-order chi connectivity index (χ0) is 15.4. The second-order valence-electron chi connectivity index (χ2n) is 6.29. The summed E-state index contributed by atoms with van der Waals surface area (Å²) in [7, 11) is 0. The van der Waals surface area contributed by atoms with E-state index in [2.05, 4.69) is 32.9 Å². The maximum absolute atomic E-state index is 12.8. The number of carbonyl (C=O) groups is 1. The molecule has 2 heteroatoms. The average Bonchev–Trinajstić information content (AvgIpc) is 2.43. The molecule has 0 aliphatic heterocycles. The first-order valence-corrected chi connectivity index (χ1v) is 7.60. The van der Waals surface area contributed by atoms with Crippen LogP contribution < -0.4 is 0 Å². The predicted octanol–water partition coefficient (Wildman–Crippen LogP) is 4.76. The summed E-state index contributed by atoms with van der Waals surface area (Å²) >= 11 is 0. The summed E-state index contributed by atoms with van der Waals surface area (Å²) < 4.78 is 5.79. The summed E-state index contributed by atoms with van der Waals surface area (Å²) in [4.78, 5) is 12.8. The van der Waals surface area contributed by atoms with E-state index in [0.29, 0.717) is 19.4 Å². The first kappa shape index (κ1) is 16.9. The molecule has 0 fully saturated rings. The van der Waals surface area contributed by atoms with Gasteiger partial charge >= 0.3 is 0 Å². The zero-order valence-electron chi connectivity index (χ0n) is 13.7. The molecule has 0 aliphatic rings. The Morgan fingerprint density at radius 2 is 1.50 bits per heavy atom. The third-order valence-electron chi connectivity index (χ3n) is 3.99. The van der Waals surface area contributed by atoms with E-state index in [9.17, 15) is 4.79 Å². The van der Waals surface area contributed by atoms with Gasteiger partial charge in [0.1, 0.15) is 5.60 Å². The van der Waals surface area contributed by atoms with Gasteiger partial charge in [0.2, 0.25) is 0 Å². The molecule has 1 aromatic rings. The van der Waals surface area contributed by atoms with E-state index in [1.165, 1.54) is 5.56 Å². The van der Waals surface area contributed by atoms with Gasteiger partial charge in [-0.2, -0.15) is 0 Å². The number of hydrogen-bond acceptors (Lipinski definition) is 2. The van der Waals surface area contributed by atoms with Crippen molar-refractivity contribution >= 4 is 5.78 Å². The standard InChI is InChI=1S/C18H28O2/c1-7-18(8-2,20-9-3)16(19)14-10-12-15(13-11-14)17(4,5)6/h10-13H,7-9H2,1-6H3. The number of ether oxygens (including phenoxy) is 1. The van der Waals surface area contributed by atoms with Crippen LogP contribution in [0.15, 0.2) is 24.3 Å². The fourth-order valence-corrected chi connectivity index (χ4v) is 2.50. The Kier molecular flexibility index (Phi) is 5.52. The molecule has 2 nitrogen and oxygen atoms in total. The molecule has 0 atom stereocenters. The van der Waals surface area contributed by atoms with Gasteiger partial charge in [0.15, 0.2) is 5.78 Å². The lowest BCUT2D eigenvalue weighted by Gasteiger charge is -2.30. The minimum absolute atomic E-state index is 0.102. The van der Waals surface area contributed by atoms with Crippen LogP contribution in [0.1, 0.15) is 70.3 Å². The Labute approximate surface area is 123 Å². The SMILES string of the molecule is CCOC(CC)(CC)C(=O)c1ccc(C(C)(C)C)cc1.